The van der Waals surface area contributed by atoms with E-state index >= 15 is 0 Å². The number of methoxy groups -OCH3 is 1. The highest BCUT2D eigenvalue weighted by Gasteiger charge is 2.05. The third-order valence-corrected chi connectivity index (χ3v) is 3.51. The summed E-state index contributed by atoms with van der Waals surface area (Å²) >= 11 is 0. The maximum Gasteiger partial charge on any atom is 0.213 e. The van der Waals surface area contributed by atoms with Crippen molar-refractivity contribution in [2.45, 2.75) is 39.0 Å². The molecule has 0 unspecified atom stereocenters. The van der Waals surface area contributed by atoms with Crippen molar-refractivity contribution in [1.29, 1.82) is 0 Å². The maximum atomic E-state index is 5.21. The van der Waals surface area contributed by atoms with E-state index in [9.17, 15) is 0 Å². The van der Waals surface area contributed by atoms with Crippen molar-refractivity contribution in [3.05, 3.63) is 48.0 Å². The van der Waals surface area contributed by atoms with E-state index in [0.29, 0.717) is 5.88 Å². The smallest absolute Gasteiger partial charge is 0.213 e. The fourth-order valence-electron chi connectivity index (χ4n) is 2.29. The Morgan fingerprint density at radius 1 is 1.00 bits per heavy atom. The molecule has 0 aliphatic carbocycles. The first kappa shape index (κ1) is 16.1. The lowest BCUT2D eigenvalue weighted by Crippen LogP contribution is -1.91. The summed E-state index contributed by atoms with van der Waals surface area (Å²) in [5.41, 5.74) is 2.98. The van der Waals surface area contributed by atoms with Gasteiger partial charge in [-0.25, -0.2) is 4.98 Å². The van der Waals surface area contributed by atoms with Gasteiger partial charge in [0.05, 0.1) is 12.8 Å². The van der Waals surface area contributed by atoms with Crippen molar-refractivity contribution >= 4 is 0 Å². The van der Waals surface area contributed by atoms with Crippen LogP contribution in [0, 0.1) is 11.8 Å². The molecule has 114 valence electrons. The van der Waals surface area contributed by atoms with Crippen LogP contribution < -0.4 is 4.74 Å². The summed E-state index contributed by atoms with van der Waals surface area (Å²) < 4.78 is 5.21. The monoisotopic (exact) mass is 293 g/mol. The standard InChI is InChI=1S/C20H23NO/c1-3-4-5-6-7-8-12-17-13-9-10-14-18(17)19-15-11-16-20(21-19)22-2/h9-11,13-16H,3-7H2,1-2H3. The van der Waals surface area contributed by atoms with Crippen LogP contribution in [0.2, 0.25) is 0 Å². The normalized spacial score (nSPS) is 9.91. The Morgan fingerprint density at radius 3 is 2.68 bits per heavy atom. The van der Waals surface area contributed by atoms with Gasteiger partial charge in [-0.3, -0.25) is 0 Å². The highest BCUT2D eigenvalue weighted by Crippen LogP contribution is 2.23. The minimum atomic E-state index is 0.625. The van der Waals surface area contributed by atoms with Gasteiger partial charge < -0.3 is 4.74 Å². The molecule has 2 rings (SSSR count). The largest absolute Gasteiger partial charge is 0.481 e. The minimum absolute atomic E-state index is 0.625. The Balaban J connectivity index is 2.14. The number of nitrogens with zero attached hydrogens (tertiary/aromatic N) is 1. The van der Waals surface area contributed by atoms with Gasteiger partial charge in [0.25, 0.3) is 0 Å². The van der Waals surface area contributed by atoms with Crippen LogP contribution in [-0.4, -0.2) is 12.1 Å². The molecule has 0 atom stereocenters. The van der Waals surface area contributed by atoms with Crippen LogP contribution in [0.3, 0.4) is 0 Å². The Labute approximate surface area is 133 Å². The SMILES string of the molecule is CCCCCCC#Cc1ccccc1-c1cccc(OC)n1. The number of hydrogen-bond donors (Lipinski definition) is 0. The Bertz CT molecular complexity index is 652. The molecule has 0 amide bonds. The molecule has 2 aromatic rings. The average Bonchev–Trinajstić information content (AvgIpc) is 2.58. The van der Waals surface area contributed by atoms with E-state index < -0.39 is 0 Å². The summed E-state index contributed by atoms with van der Waals surface area (Å²) in [7, 11) is 1.63. The molecule has 0 N–H and O–H groups in total. The third kappa shape index (κ3) is 4.63. The zero-order chi connectivity index (χ0) is 15.6. The maximum absolute atomic E-state index is 5.21. The van der Waals surface area contributed by atoms with Crippen LogP contribution in [-0.2, 0) is 0 Å². The molecule has 2 nitrogen and oxygen atoms in total. The second kappa shape index (κ2) is 8.89. The molecule has 1 heterocycles. The summed E-state index contributed by atoms with van der Waals surface area (Å²) in [5.74, 6) is 7.21. The van der Waals surface area contributed by atoms with Gasteiger partial charge in [-0.05, 0) is 18.6 Å². The third-order valence-electron chi connectivity index (χ3n) is 3.51. The fraction of sp³-hybridized carbons (Fsp3) is 0.350. The molecule has 0 spiro atoms. The quantitative estimate of drug-likeness (QED) is 0.547. The van der Waals surface area contributed by atoms with Gasteiger partial charge in [-0.2, -0.15) is 0 Å². The van der Waals surface area contributed by atoms with E-state index in [4.69, 9.17) is 4.74 Å². The Kier molecular flexibility index (Phi) is 6.51. The summed E-state index contributed by atoms with van der Waals surface area (Å²) in [5, 5.41) is 0. The molecular formula is C20H23NO. The van der Waals surface area contributed by atoms with Gasteiger partial charge in [0.1, 0.15) is 0 Å². The predicted octanol–water partition coefficient (Wildman–Crippen LogP) is 5.08. The van der Waals surface area contributed by atoms with Gasteiger partial charge in [-0.1, -0.05) is 62.3 Å². The van der Waals surface area contributed by atoms with Gasteiger partial charge in [0.2, 0.25) is 5.88 Å². The molecule has 22 heavy (non-hydrogen) atoms. The van der Waals surface area contributed by atoms with Gasteiger partial charge in [-0.15, -0.1) is 0 Å². The van der Waals surface area contributed by atoms with Crippen molar-refractivity contribution in [1.82, 2.24) is 4.98 Å². The fourth-order valence-corrected chi connectivity index (χ4v) is 2.29. The first-order chi connectivity index (χ1) is 10.8. The van der Waals surface area contributed by atoms with Gasteiger partial charge in [0.15, 0.2) is 0 Å². The molecule has 0 radical (unpaired) electrons. The molecule has 0 saturated heterocycles. The summed E-state index contributed by atoms with van der Waals surface area (Å²) in [6.45, 7) is 2.23. The number of pyridine rings is 1. The lowest BCUT2D eigenvalue weighted by molar-refractivity contribution is 0.398. The molecule has 2 heteroatoms. The number of ether oxygens (including phenoxy) is 1. The highest BCUT2D eigenvalue weighted by molar-refractivity contribution is 5.68. The van der Waals surface area contributed by atoms with E-state index in [2.05, 4.69) is 35.9 Å². The molecule has 1 aromatic carbocycles. The zero-order valence-electron chi connectivity index (χ0n) is 13.4. The molecule has 1 aromatic heterocycles. The first-order valence-electron chi connectivity index (χ1n) is 7.94. The van der Waals surface area contributed by atoms with Crippen LogP contribution in [0.4, 0.5) is 0 Å². The van der Waals surface area contributed by atoms with E-state index in [1.807, 2.05) is 30.3 Å². The predicted molar refractivity (Wildman–Crippen MR) is 91.9 cm³/mol. The van der Waals surface area contributed by atoms with E-state index in [1.165, 1.54) is 25.7 Å². The Hall–Kier alpha value is -2.27. The van der Waals surface area contributed by atoms with Crippen molar-refractivity contribution in [3.63, 3.8) is 0 Å². The Morgan fingerprint density at radius 2 is 1.86 bits per heavy atom. The number of benzene rings is 1. The van der Waals surface area contributed by atoms with E-state index in [1.54, 1.807) is 7.11 Å². The summed E-state index contributed by atoms with van der Waals surface area (Å²) in [6.07, 6.45) is 5.97. The van der Waals surface area contributed by atoms with Crippen LogP contribution in [0.15, 0.2) is 42.5 Å². The lowest BCUT2D eigenvalue weighted by Gasteiger charge is -2.05. The van der Waals surface area contributed by atoms with Crippen LogP contribution in [0.1, 0.15) is 44.6 Å². The number of unbranched alkanes of at least 4 members (excludes halogenated alkanes) is 4. The van der Waals surface area contributed by atoms with Crippen molar-refractivity contribution < 1.29 is 4.74 Å². The number of aromatic nitrogens is 1. The van der Waals surface area contributed by atoms with Crippen molar-refractivity contribution in [2.75, 3.05) is 7.11 Å². The van der Waals surface area contributed by atoms with Crippen LogP contribution >= 0.6 is 0 Å². The second-order valence-corrected chi connectivity index (χ2v) is 5.22. The van der Waals surface area contributed by atoms with E-state index in [0.717, 1.165) is 23.2 Å². The molecular weight excluding hydrogens is 270 g/mol. The zero-order valence-corrected chi connectivity index (χ0v) is 13.4. The molecule has 0 fully saturated rings. The highest BCUT2D eigenvalue weighted by atomic mass is 16.5. The number of hydrogen-bond acceptors (Lipinski definition) is 2. The van der Waals surface area contributed by atoms with Crippen molar-refractivity contribution in [2.24, 2.45) is 0 Å². The lowest BCUT2D eigenvalue weighted by atomic mass is 10.0. The van der Waals surface area contributed by atoms with E-state index in [-0.39, 0.29) is 0 Å². The topological polar surface area (TPSA) is 22.1 Å². The molecule has 0 aliphatic rings. The van der Waals surface area contributed by atoms with Crippen LogP contribution in [0.25, 0.3) is 11.3 Å². The molecule has 0 bridgehead atoms. The van der Waals surface area contributed by atoms with Gasteiger partial charge >= 0.3 is 0 Å². The first-order valence-corrected chi connectivity index (χ1v) is 7.94. The minimum Gasteiger partial charge on any atom is -0.481 e. The average molecular weight is 293 g/mol. The summed E-state index contributed by atoms with van der Waals surface area (Å²) in [4.78, 5) is 4.50. The molecule has 0 aliphatic heterocycles. The second-order valence-electron chi connectivity index (χ2n) is 5.22. The van der Waals surface area contributed by atoms with Crippen LogP contribution in [0.5, 0.6) is 5.88 Å². The van der Waals surface area contributed by atoms with Crippen molar-refractivity contribution in [3.8, 4) is 29.0 Å². The molecule has 0 saturated carbocycles. The van der Waals surface area contributed by atoms with Gasteiger partial charge in [0, 0.05) is 23.6 Å². The number of rotatable bonds is 6. The summed E-state index contributed by atoms with van der Waals surface area (Å²) in [6, 6.07) is 13.9.